The van der Waals surface area contributed by atoms with Gasteiger partial charge in [-0.3, -0.25) is 0 Å². The molecule has 2 aliphatic heterocycles. The van der Waals surface area contributed by atoms with Gasteiger partial charge in [-0.25, -0.2) is 4.98 Å². The van der Waals surface area contributed by atoms with E-state index in [2.05, 4.69) is 20.3 Å². The number of oxazole rings is 2. The molecule has 2 saturated heterocycles. The largest absolute Gasteiger partial charge is 0.423 e. The van der Waals surface area contributed by atoms with E-state index in [1.807, 2.05) is 4.90 Å². The molecule has 0 aliphatic carbocycles. The second-order valence-corrected chi connectivity index (χ2v) is 12.2. The molecule has 5 aromatic rings. The molecule has 0 atom stereocenters. The van der Waals surface area contributed by atoms with Crippen molar-refractivity contribution in [2.45, 2.75) is 31.4 Å². The van der Waals surface area contributed by atoms with Crippen molar-refractivity contribution in [1.82, 2.24) is 20.3 Å². The van der Waals surface area contributed by atoms with E-state index < -0.39 is 35.2 Å². The minimum Gasteiger partial charge on any atom is -0.423 e. The van der Waals surface area contributed by atoms with Crippen molar-refractivity contribution < 1.29 is 48.3 Å². The molecule has 2 fully saturated rings. The summed E-state index contributed by atoms with van der Waals surface area (Å²) in [7, 11) is 0. The second-order valence-electron chi connectivity index (χ2n) is 11.8. The van der Waals surface area contributed by atoms with Gasteiger partial charge < -0.3 is 28.9 Å². The lowest BCUT2D eigenvalue weighted by Crippen LogP contribution is -2.31. The summed E-state index contributed by atoms with van der Waals surface area (Å²) in [5, 5.41) is 3.14. The van der Waals surface area contributed by atoms with E-state index in [9.17, 15) is 39.5 Å². The number of fused-ring (bicyclic) bond motifs is 2. The van der Waals surface area contributed by atoms with Crippen LogP contribution in [-0.2, 0) is 18.5 Å². The first-order valence-corrected chi connectivity index (χ1v) is 16.1. The van der Waals surface area contributed by atoms with Crippen LogP contribution < -0.4 is 20.0 Å². The lowest BCUT2D eigenvalue weighted by atomic mass is 10.2. The first-order valence-electron chi connectivity index (χ1n) is 15.7. The van der Waals surface area contributed by atoms with Gasteiger partial charge in [0.15, 0.2) is 11.2 Å². The average molecular weight is 750 g/mol. The Kier molecular flexibility index (Phi) is 10.2. The molecule has 2 aliphatic rings. The summed E-state index contributed by atoms with van der Waals surface area (Å²) in [5.74, 6) is 0.240. The minimum absolute atomic E-state index is 0.0957. The van der Waals surface area contributed by atoms with Crippen LogP contribution in [-0.4, -0.2) is 67.3 Å². The molecule has 0 amide bonds. The van der Waals surface area contributed by atoms with E-state index in [-0.39, 0.29) is 33.5 Å². The topological polar surface area (TPSA) is 86.7 Å². The van der Waals surface area contributed by atoms with Crippen molar-refractivity contribution in [3.8, 4) is 0 Å². The molecule has 0 spiro atoms. The van der Waals surface area contributed by atoms with Crippen LogP contribution in [0.25, 0.3) is 22.2 Å². The van der Waals surface area contributed by atoms with Gasteiger partial charge in [-0.1, -0.05) is 11.6 Å². The van der Waals surface area contributed by atoms with Crippen molar-refractivity contribution in [3.05, 3.63) is 70.4 Å². The van der Waals surface area contributed by atoms with Crippen molar-refractivity contribution in [2.75, 3.05) is 67.1 Å². The summed E-state index contributed by atoms with van der Waals surface area (Å²) < 4.78 is 126. The van der Waals surface area contributed by atoms with Crippen LogP contribution >= 0.6 is 11.6 Å². The minimum atomic E-state index is -4.54. The van der Waals surface area contributed by atoms with Gasteiger partial charge in [0, 0.05) is 52.0 Å². The lowest BCUT2D eigenvalue weighted by molar-refractivity contribution is -0.138. The summed E-state index contributed by atoms with van der Waals surface area (Å²) in [6.07, 6.45) is -11.1. The third kappa shape index (κ3) is 8.54. The lowest BCUT2D eigenvalue weighted by Gasteiger charge is -2.23. The number of hydrogen-bond donors (Lipinski definition) is 1. The highest BCUT2D eigenvalue weighted by Crippen LogP contribution is 2.36. The summed E-state index contributed by atoms with van der Waals surface area (Å²) in [5.41, 5.74) is -1.50. The predicted octanol–water partition coefficient (Wildman–Crippen LogP) is 8.28. The highest BCUT2D eigenvalue weighted by atomic mass is 35.5. The number of nitrogens with zero attached hydrogens (tertiary/aromatic N) is 6. The normalized spacial score (nSPS) is 16.6. The molecule has 0 radical (unpaired) electrons. The molecule has 51 heavy (non-hydrogen) atoms. The van der Waals surface area contributed by atoms with Gasteiger partial charge in [0.2, 0.25) is 0 Å². The van der Waals surface area contributed by atoms with Gasteiger partial charge in [-0.15, -0.1) is 0 Å². The number of hydrogen-bond acceptors (Lipinski definition) is 9. The van der Waals surface area contributed by atoms with Gasteiger partial charge in [0.05, 0.1) is 21.7 Å². The first kappa shape index (κ1) is 36.3. The Hall–Kier alpha value is -4.45. The van der Waals surface area contributed by atoms with Crippen LogP contribution in [0.4, 0.5) is 57.4 Å². The van der Waals surface area contributed by atoms with Crippen LogP contribution in [0.15, 0.2) is 57.5 Å². The van der Waals surface area contributed by atoms with E-state index in [0.717, 1.165) is 69.1 Å². The Morgan fingerprint density at radius 2 is 1.10 bits per heavy atom. The Labute approximate surface area is 289 Å². The van der Waals surface area contributed by atoms with E-state index in [1.54, 1.807) is 9.80 Å². The van der Waals surface area contributed by atoms with Crippen LogP contribution in [0.1, 0.15) is 29.5 Å². The molecule has 0 saturated carbocycles. The SMILES string of the molecule is FC(F)(F)c1ccc2oc(N3CCCNCC3)nc2c1.FC(F)(F)c1cnc(N2CCCN(c3nc4cc(C(F)(F)F)ccc4o3)CC2)c(Cl)c1. The fourth-order valence-electron chi connectivity index (χ4n) is 5.63. The van der Waals surface area contributed by atoms with Crippen molar-refractivity contribution in [1.29, 1.82) is 0 Å². The number of nitrogens with one attached hydrogen (secondary N) is 1. The van der Waals surface area contributed by atoms with Gasteiger partial charge in [0.25, 0.3) is 12.0 Å². The Bertz CT molecular complexity index is 1970. The predicted molar refractivity (Wildman–Crippen MR) is 171 cm³/mol. The van der Waals surface area contributed by atoms with Gasteiger partial charge in [-0.05, 0) is 61.9 Å². The standard InChI is InChI=1S/C19H15ClF6N4O.C13H14F3N3O/c20-13-8-12(19(24,25)26)10-27-16(13)29-4-1-5-30(7-6-29)17-28-14-9-11(18(21,22)23)2-3-15(14)31-17;14-13(15,16)9-2-3-11-10(8-9)18-12(20-11)19-6-1-4-17-5-7-19/h2-3,8-10H,1,4-7H2;2-3,8,17H,1,4-7H2. The zero-order valence-corrected chi connectivity index (χ0v) is 27.2. The van der Waals surface area contributed by atoms with Crippen LogP contribution in [0.5, 0.6) is 0 Å². The van der Waals surface area contributed by atoms with Crippen LogP contribution in [0.2, 0.25) is 5.02 Å². The van der Waals surface area contributed by atoms with Gasteiger partial charge in [-0.2, -0.15) is 49.5 Å². The molecule has 3 aromatic heterocycles. The molecule has 5 heterocycles. The van der Waals surface area contributed by atoms with E-state index in [0.29, 0.717) is 44.2 Å². The van der Waals surface area contributed by atoms with Gasteiger partial charge in [0.1, 0.15) is 16.9 Å². The van der Waals surface area contributed by atoms with Crippen molar-refractivity contribution >= 4 is 51.6 Å². The fourth-order valence-corrected chi connectivity index (χ4v) is 5.92. The van der Waals surface area contributed by atoms with Crippen LogP contribution in [0, 0.1) is 0 Å². The first-order chi connectivity index (χ1) is 24.1. The van der Waals surface area contributed by atoms with Crippen molar-refractivity contribution in [3.63, 3.8) is 0 Å². The number of anilines is 3. The molecular formula is C32H29ClF9N7O2. The molecule has 1 N–H and O–H groups in total. The quantitative estimate of drug-likeness (QED) is 0.183. The molecule has 0 unspecified atom stereocenters. The molecule has 19 heteroatoms. The monoisotopic (exact) mass is 749 g/mol. The van der Waals surface area contributed by atoms with Crippen LogP contribution in [0.3, 0.4) is 0 Å². The molecular weight excluding hydrogens is 721 g/mol. The Balaban J connectivity index is 0.000000193. The molecule has 274 valence electrons. The number of alkyl halides is 9. The zero-order chi connectivity index (χ0) is 36.6. The molecule has 7 rings (SSSR count). The number of pyridine rings is 1. The number of aromatic nitrogens is 3. The number of rotatable bonds is 3. The summed E-state index contributed by atoms with van der Waals surface area (Å²) >= 11 is 6.04. The highest BCUT2D eigenvalue weighted by Gasteiger charge is 2.34. The number of halogens is 10. The summed E-state index contributed by atoms with van der Waals surface area (Å²) in [6, 6.07) is 7.87. The fraction of sp³-hybridized carbons (Fsp3) is 0.406. The smallest absolute Gasteiger partial charge is 0.417 e. The third-order valence-electron chi connectivity index (χ3n) is 8.23. The highest BCUT2D eigenvalue weighted by molar-refractivity contribution is 6.33. The van der Waals surface area contributed by atoms with E-state index in [4.69, 9.17) is 20.4 Å². The van der Waals surface area contributed by atoms with Gasteiger partial charge >= 0.3 is 18.5 Å². The maximum Gasteiger partial charge on any atom is 0.417 e. The maximum atomic E-state index is 12.9. The zero-order valence-electron chi connectivity index (χ0n) is 26.5. The number of benzene rings is 2. The third-order valence-corrected chi connectivity index (χ3v) is 8.51. The molecule has 2 aromatic carbocycles. The Morgan fingerprint density at radius 3 is 1.65 bits per heavy atom. The summed E-state index contributed by atoms with van der Waals surface area (Å²) in [4.78, 5) is 17.7. The van der Waals surface area contributed by atoms with Crippen molar-refractivity contribution in [2.24, 2.45) is 0 Å². The molecule has 9 nitrogen and oxygen atoms in total. The summed E-state index contributed by atoms with van der Waals surface area (Å²) in [6.45, 7) is 4.97. The second kappa shape index (κ2) is 14.3. The van der Waals surface area contributed by atoms with E-state index >= 15 is 0 Å². The average Bonchev–Trinajstić information content (AvgIpc) is 3.47. The maximum absolute atomic E-state index is 12.9. The molecule has 0 bridgehead atoms. The Morgan fingerprint density at radius 1 is 0.588 bits per heavy atom. The van der Waals surface area contributed by atoms with E-state index in [1.165, 1.54) is 12.1 Å².